The number of hydrogen-bond acceptors (Lipinski definition) is 4. The summed E-state index contributed by atoms with van der Waals surface area (Å²) in [4.78, 5) is 4.15. The Labute approximate surface area is 120 Å². The molecule has 0 aliphatic rings. The molecule has 0 aliphatic carbocycles. The number of thiazole rings is 1. The maximum Gasteiger partial charge on any atom is 0.148 e. The van der Waals surface area contributed by atoms with Crippen LogP contribution in [0.5, 0.6) is 5.75 Å². The molecule has 2 rings (SSSR count). The fraction of sp³-hybridized carbons (Fsp3) is 0.182. The fourth-order valence-electron chi connectivity index (χ4n) is 1.30. The molecule has 6 heteroatoms. The molecule has 0 saturated carbocycles. The van der Waals surface area contributed by atoms with E-state index < -0.39 is 0 Å². The summed E-state index contributed by atoms with van der Waals surface area (Å²) >= 11 is 8.39. The predicted octanol–water partition coefficient (Wildman–Crippen LogP) is 3.74. The lowest BCUT2D eigenvalue weighted by atomic mass is 10.2. The first kappa shape index (κ1) is 13.0. The predicted molar refractivity (Wildman–Crippen MR) is 74.2 cm³/mol. The third-order valence-electron chi connectivity index (χ3n) is 2.06. The van der Waals surface area contributed by atoms with Gasteiger partial charge in [-0.05, 0) is 49.6 Å². The van der Waals surface area contributed by atoms with Gasteiger partial charge in [-0.1, -0.05) is 0 Å². The van der Waals surface area contributed by atoms with Crippen LogP contribution < -0.4 is 4.74 Å². The lowest BCUT2D eigenvalue weighted by molar-refractivity contribution is 0.280. The number of nitrogens with zero attached hydrogens (tertiary/aromatic N) is 1. The summed E-state index contributed by atoms with van der Waals surface area (Å²) < 4.78 is 7.31. The minimum absolute atomic E-state index is 0.00393. The molecule has 0 amide bonds. The van der Waals surface area contributed by atoms with Crippen LogP contribution in [0.1, 0.15) is 10.6 Å². The van der Waals surface area contributed by atoms with Crippen molar-refractivity contribution in [1.29, 1.82) is 0 Å². The van der Waals surface area contributed by atoms with Gasteiger partial charge in [-0.15, -0.1) is 11.3 Å². The molecule has 1 heterocycles. The summed E-state index contributed by atoms with van der Waals surface area (Å²) in [5, 5.41) is 11.9. The maximum absolute atomic E-state index is 9.07. The summed E-state index contributed by atoms with van der Waals surface area (Å²) in [6.45, 7) is 0.442. The Morgan fingerprint density at radius 2 is 2.00 bits per heavy atom. The van der Waals surface area contributed by atoms with Gasteiger partial charge in [-0.25, -0.2) is 4.98 Å². The zero-order valence-corrected chi connectivity index (χ0v) is 12.7. The minimum Gasteiger partial charge on any atom is -0.484 e. The van der Waals surface area contributed by atoms with Gasteiger partial charge in [0.2, 0.25) is 0 Å². The topological polar surface area (TPSA) is 42.4 Å². The van der Waals surface area contributed by atoms with E-state index in [0.29, 0.717) is 6.61 Å². The van der Waals surface area contributed by atoms with Crippen LogP contribution in [0.25, 0.3) is 0 Å². The molecule has 0 saturated heterocycles. The van der Waals surface area contributed by atoms with Gasteiger partial charge in [0.1, 0.15) is 17.4 Å². The quantitative estimate of drug-likeness (QED) is 0.881. The third kappa shape index (κ3) is 3.28. The van der Waals surface area contributed by atoms with Crippen molar-refractivity contribution in [1.82, 2.24) is 4.98 Å². The number of hydrogen-bond donors (Lipinski definition) is 1. The van der Waals surface area contributed by atoms with Gasteiger partial charge in [-0.2, -0.15) is 0 Å². The van der Waals surface area contributed by atoms with Crippen LogP contribution in [0.4, 0.5) is 0 Å². The zero-order chi connectivity index (χ0) is 12.3. The van der Waals surface area contributed by atoms with Crippen molar-refractivity contribution >= 4 is 43.2 Å². The number of halogens is 2. The number of rotatable bonds is 4. The van der Waals surface area contributed by atoms with E-state index >= 15 is 0 Å². The molecule has 90 valence electrons. The zero-order valence-electron chi connectivity index (χ0n) is 8.69. The average Bonchev–Trinajstić information content (AvgIpc) is 2.80. The van der Waals surface area contributed by atoms with Crippen molar-refractivity contribution < 1.29 is 9.84 Å². The summed E-state index contributed by atoms with van der Waals surface area (Å²) in [5.74, 6) is 0.720. The van der Waals surface area contributed by atoms with Gasteiger partial charge >= 0.3 is 0 Å². The molecule has 0 bridgehead atoms. The van der Waals surface area contributed by atoms with Crippen LogP contribution in [-0.4, -0.2) is 10.1 Å². The molecule has 3 nitrogen and oxygen atoms in total. The van der Waals surface area contributed by atoms with Gasteiger partial charge in [-0.3, -0.25) is 0 Å². The molecule has 0 fully saturated rings. The monoisotopic (exact) mass is 377 g/mol. The molecular formula is C11H9Br2NO2S. The van der Waals surface area contributed by atoms with E-state index in [0.717, 1.165) is 25.3 Å². The number of aliphatic hydroxyl groups is 1. The lowest BCUT2D eigenvalue weighted by Crippen LogP contribution is -1.97. The van der Waals surface area contributed by atoms with Gasteiger partial charge in [0, 0.05) is 11.6 Å². The van der Waals surface area contributed by atoms with E-state index in [1.54, 1.807) is 17.5 Å². The summed E-state index contributed by atoms with van der Waals surface area (Å²) in [7, 11) is 0. The van der Waals surface area contributed by atoms with Crippen LogP contribution in [0, 0.1) is 0 Å². The number of aromatic nitrogens is 1. The van der Waals surface area contributed by atoms with Crippen molar-refractivity contribution in [2.75, 3.05) is 0 Å². The van der Waals surface area contributed by atoms with Crippen LogP contribution in [0.3, 0.4) is 0 Å². The second-order valence-electron chi connectivity index (χ2n) is 3.26. The molecule has 17 heavy (non-hydrogen) atoms. The molecule has 1 aromatic heterocycles. The normalized spacial score (nSPS) is 10.5. The smallest absolute Gasteiger partial charge is 0.148 e. The first-order chi connectivity index (χ1) is 8.20. The molecule has 1 aromatic carbocycles. The molecule has 0 unspecified atom stereocenters. The maximum atomic E-state index is 9.07. The Morgan fingerprint density at radius 1 is 1.29 bits per heavy atom. The SMILES string of the molecule is OCc1cc(Br)c(OCc2nccs2)c(Br)c1. The highest BCUT2D eigenvalue weighted by Crippen LogP contribution is 2.35. The second-order valence-corrected chi connectivity index (χ2v) is 5.95. The number of benzene rings is 1. The molecule has 0 atom stereocenters. The minimum atomic E-state index is 0.00393. The van der Waals surface area contributed by atoms with Crippen molar-refractivity contribution in [3.8, 4) is 5.75 Å². The Morgan fingerprint density at radius 3 is 2.53 bits per heavy atom. The molecule has 0 aliphatic heterocycles. The van der Waals surface area contributed by atoms with Crippen LogP contribution >= 0.6 is 43.2 Å². The summed E-state index contributed by atoms with van der Waals surface area (Å²) in [5.41, 5.74) is 0.824. The van der Waals surface area contributed by atoms with Crippen molar-refractivity contribution in [3.05, 3.63) is 43.2 Å². The third-order valence-corrected chi connectivity index (χ3v) is 4.00. The van der Waals surface area contributed by atoms with Gasteiger partial charge in [0.25, 0.3) is 0 Å². The first-order valence-electron chi connectivity index (χ1n) is 4.80. The molecule has 0 spiro atoms. The van der Waals surface area contributed by atoms with E-state index in [9.17, 15) is 0 Å². The second kappa shape index (κ2) is 5.95. The number of aliphatic hydroxyl groups excluding tert-OH is 1. The molecular weight excluding hydrogens is 370 g/mol. The molecule has 1 N–H and O–H groups in total. The average molecular weight is 379 g/mol. The van der Waals surface area contributed by atoms with Crippen LogP contribution in [0.15, 0.2) is 32.7 Å². The Kier molecular flexibility index (Phi) is 4.55. The fourth-order valence-corrected chi connectivity index (χ4v) is 3.34. The molecule has 0 radical (unpaired) electrons. The summed E-state index contributed by atoms with van der Waals surface area (Å²) in [6.07, 6.45) is 1.75. The Balaban J connectivity index is 2.15. The number of ether oxygens (including phenoxy) is 1. The van der Waals surface area contributed by atoms with E-state index in [4.69, 9.17) is 9.84 Å². The van der Waals surface area contributed by atoms with Crippen LogP contribution in [-0.2, 0) is 13.2 Å². The van der Waals surface area contributed by atoms with E-state index in [2.05, 4.69) is 36.8 Å². The Hall–Kier alpha value is -0.430. The van der Waals surface area contributed by atoms with Crippen molar-refractivity contribution in [2.45, 2.75) is 13.2 Å². The van der Waals surface area contributed by atoms with Crippen molar-refractivity contribution in [2.24, 2.45) is 0 Å². The van der Waals surface area contributed by atoms with Gasteiger partial charge in [0.05, 0.1) is 15.6 Å². The van der Waals surface area contributed by atoms with E-state index in [1.165, 1.54) is 0 Å². The highest BCUT2D eigenvalue weighted by Gasteiger charge is 2.09. The van der Waals surface area contributed by atoms with Crippen LogP contribution in [0.2, 0.25) is 0 Å². The Bertz CT molecular complexity index is 479. The van der Waals surface area contributed by atoms with Gasteiger partial charge < -0.3 is 9.84 Å². The summed E-state index contributed by atoms with van der Waals surface area (Å²) in [6, 6.07) is 3.67. The first-order valence-corrected chi connectivity index (χ1v) is 7.27. The lowest BCUT2D eigenvalue weighted by Gasteiger charge is -2.10. The standard InChI is InChI=1S/C11H9Br2NO2S/c12-8-3-7(5-15)4-9(13)11(8)16-6-10-14-1-2-17-10/h1-4,15H,5-6H2. The van der Waals surface area contributed by atoms with E-state index in [1.807, 2.05) is 17.5 Å². The highest BCUT2D eigenvalue weighted by atomic mass is 79.9. The highest BCUT2D eigenvalue weighted by molar-refractivity contribution is 9.11. The molecule has 2 aromatic rings. The largest absolute Gasteiger partial charge is 0.484 e. The van der Waals surface area contributed by atoms with Crippen molar-refractivity contribution in [3.63, 3.8) is 0 Å². The van der Waals surface area contributed by atoms with E-state index in [-0.39, 0.29) is 6.61 Å². The van der Waals surface area contributed by atoms with Gasteiger partial charge in [0.15, 0.2) is 0 Å².